The summed E-state index contributed by atoms with van der Waals surface area (Å²) in [5, 5.41) is 9.66. The zero-order valence-electron chi connectivity index (χ0n) is 12.5. The van der Waals surface area contributed by atoms with Gasteiger partial charge in [-0.15, -0.1) is 0 Å². The van der Waals surface area contributed by atoms with Crippen molar-refractivity contribution in [3.8, 4) is 5.75 Å². The van der Waals surface area contributed by atoms with Crippen LogP contribution in [0.4, 0.5) is 4.39 Å². The minimum Gasteiger partial charge on any atom is -0.508 e. The molecular formula is C18H17ClFNO2. The smallest absolute Gasteiger partial charge is 0.255 e. The lowest BCUT2D eigenvalue weighted by molar-refractivity contribution is 0.0787. The van der Waals surface area contributed by atoms with E-state index in [1.807, 2.05) is 12.1 Å². The molecule has 3 rings (SSSR count). The molecule has 0 aliphatic carbocycles. The molecule has 0 saturated carbocycles. The van der Waals surface area contributed by atoms with Crippen LogP contribution in [-0.4, -0.2) is 29.0 Å². The van der Waals surface area contributed by atoms with E-state index in [4.69, 9.17) is 11.6 Å². The van der Waals surface area contributed by atoms with E-state index in [0.29, 0.717) is 24.6 Å². The van der Waals surface area contributed by atoms with Crippen molar-refractivity contribution in [1.82, 2.24) is 4.90 Å². The maximum absolute atomic E-state index is 13.1. The normalized spacial score (nSPS) is 17.5. The molecule has 1 atom stereocenters. The fourth-order valence-corrected chi connectivity index (χ4v) is 3.28. The molecule has 1 N–H and O–H groups in total. The maximum atomic E-state index is 13.1. The third kappa shape index (κ3) is 3.64. The topological polar surface area (TPSA) is 40.5 Å². The molecule has 0 radical (unpaired) electrons. The molecule has 2 aromatic carbocycles. The summed E-state index contributed by atoms with van der Waals surface area (Å²) in [5.41, 5.74) is 1.40. The Morgan fingerprint density at radius 1 is 1.30 bits per heavy atom. The molecule has 1 heterocycles. The molecule has 3 nitrogen and oxygen atoms in total. The highest BCUT2D eigenvalue weighted by Gasteiger charge is 2.28. The Morgan fingerprint density at radius 2 is 2.13 bits per heavy atom. The number of aromatic hydroxyl groups is 1. The molecule has 1 fully saturated rings. The lowest BCUT2D eigenvalue weighted by atomic mass is 9.98. The quantitative estimate of drug-likeness (QED) is 0.925. The van der Waals surface area contributed by atoms with Crippen LogP contribution in [0.2, 0.25) is 5.02 Å². The van der Waals surface area contributed by atoms with Crippen LogP contribution in [0.3, 0.4) is 0 Å². The Bertz CT molecular complexity index is 735. The molecule has 0 spiro atoms. The number of halogens is 2. The highest BCUT2D eigenvalue weighted by molar-refractivity contribution is 6.33. The summed E-state index contributed by atoms with van der Waals surface area (Å²) in [5.74, 6) is -0.00496. The number of hydrogen-bond donors (Lipinski definition) is 1. The molecule has 1 amide bonds. The predicted molar refractivity (Wildman–Crippen MR) is 87.2 cm³/mol. The molecule has 23 heavy (non-hydrogen) atoms. The standard InChI is InChI=1S/C18H17ClFNO2/c19-17-10-14(20)4-5-16(17)18(23)21-7-6-13(11-21)8-12-2-1-3-15(22)9-12/h1-5,9-10,13,22H,6-8,11H2. The van der Waals surface area contributed by atoms with Gasteiger partial charge in [0.15, 0.2) is 0 Å². The average molecular weight is 334 g/mol. The molecular weight excluding hydrogens is 317 g/mol. The molecule has 1 aliphatic rings. The summed E-state index contributed by atoms with van der Waals surface area (Å²) in [7, 11) is 0. The molecule has 0 aromatic heterocycles. The first-order chi connectivity index (χ1) is 11.0. The molecule has 120 valence electrons. The number of phenols is 1. The largest absolute Gasteiger partial charge is 0.508 e. The first kappa shape index (κ1) is 15.8. The van der Waals surface area contributed by atoms with Gasteiger partial charge in [0.05, 0.1) is 10.6 Å². The Hall–Kier alpha value is -2.07. The lowest BCUT2D eigenvalue weighted by Gasteiger charge is -2.17. The number of amides is 1. The SMILES string of the molecule is O=C(c1ccc(F)cc1Cl)N1CCC(Cc2cccc(O)c2)C1. The third-order valence-corrected chi connectivity index (χ3v) is 4.48. The second kappa shape index (κ2) is 6.59. The molecule has 1 saturated heterocycles. The Balaban J connectivity index is 1.66. The molecule has 5 heteroatoms. The summed E-state index contributed by atoms with van der Waals surface area (Å²) < 4.78 is 13.1. The van der Waals surface area contributed by atoms with Gasteiger partial charge < -0.3 is 10.0 Å². The fraction of sp³-hybridized carbons (Fsp3) is 0.278. The predicted octanol–water partition coefficient (Wildman–Crippen LogP) is 3.89. The number of carbonyl (C=O) groups is 1. The van der Waals surface area contributed by atoms with Crippen molar-refractivity contribution in [2.45, 2.75) is 12.8 Å². The zero-order chi connectivity index (χ0) is 16.4. The minimum absolute atomic E-state index is 0.145. The van der Waals surface area contributed by atoms with Gasteiger partial charge in [0, 0.05) is 13.1 Å². The van der Waals surface area contributed by atoms with Gasteiger partial charge in [-0.25, -0.2) is 4.39 Å². The Morgan fingerprint density at radius 3 is 2.87 bits per heavy atom. The molecule has 2 aromatic rings. The van der Waals surface area contributed by atoms with Gasteiger partial charge in [0.25, 0.3) is 5.91 Å². The van der Waals surface area contributed by atoms with Crippen LogP contribution in [0.15, 0.2) is 42.5 Å². The maximum Gasteiger partial charge on any atom is 0.255 e. The van der Waals surface area contributed by atoms with Gasteiger partial charge in [-0.2, -0.15) is 0 Å². The zero-order valence-corrected chi connectivity index (χ0v) is 13.3. The third-order valence-electron chi connectivity index (χ3n) is 4.17. The van der Waals surface area contributed by atoms with E-state index in [1.165, 1.54) is 12.1 Å². The van der Waals surface area contributed by atoms with Crippen LogP contribution in [-0.2, 0) is 6.42 Å². The Labute approximate surface area is 139 Å². The number of nitrogens with zero attached hydrogens (tertiary/aromatic N) is 1. The van der Waals surface area contributed by atoms with Gasteiger partial charge in [-0.3, -0.25) is 4.79 Å². The van der Waals surface area contributed by atoms with E-state index in [2.05, 4.69) is 0 Å². The summed E-state index contributed by atoms with van der Waals surface area (Å²) in [6.45, 7) is 1.30. The monoisotopic (exact) mass is 333 g/mol. The minimum atomic E-state index is -0.449. The number of carbonyl (C=O) groups excluding carboxylic acids is 1. The van der Waals surface area contributed by atoms with E-state index in [9.17, 15) is 14.3 Å². The van der Waals surface area contributed by atoms with Crippen molar-refractivity contribution >= 4 is 17.5 Å². The van der Waals surface area contributed by atoms with Gasteiger partial charge in [-0.05, 0) is 54.7 Å². The second-order valence-electron chi connectivity index (χ2n) is 5.90. The summed E-state index contributed by atoms with van der Waals surface area (Å²) in [6, 6.07) is 11.0. The van der Waals surface area contributed by atoms with Crippen LogP contribution in [0.25, 0.3) is 0 Å². The van der Waals surface area contributed by atoms with Crippen molar-refractivity contribution < 1.29 is 14.3 Å². The average Bonchev–Trinajstić information content (AvgIpc) is 2.95. The van der Waals surface area contributed by atoms with Crippen LogP contribution in [0.1, 0.15) is 22.3 Å². The van der Waals surface area contributed by atoms with Crippen molar-refractivity contribution in [3.05, 3.63) is 64.4 Å². The first-order valence-electron chi connectivity index (χ1n) is 7.55. The molecule has 1 aliphatic heterocycles. The highest BCUT2D eigenvalue weighted by atomic mass is 35.5. The summed E-state index contributed by atoms with van der Waals surface area (Å²) in [6.07, 6.45) is 1.72. The van der Waals surface area contributed by atoms with Crippen LogP contribution in [0, 0.1) is 11.7 Å². The van der Waals surface area contributed by atoms with E-state index in [0.717, 1.165) is 24.5 Å². The Kier molecular flexibility index (Phi) is 4.53. The van der Waals surface area contributed by atoms with Crippen LogP contribution >= 0.6 is 11.6 Å². The summed E-state index contributed by atoms with van der Waals surface area (Å²) >= 11 is 5.97. The van der Waals surface area contributed by atoms with E-state index in [-0.39, 0.29) is 16.7 Å². The van der Waals surface area contributed by atoms with Gasteiger partial charge in [0.2, 0.25) is 0 Å². The fourth-order valence-electron chi connectivity index (χ4n) is 3.03. The number of benzene rings is 2. The van der Waals surface area contributed by atoms with E-state index >= 15 is 0 Å². The highest BCUT2D eigenvalue weighted by Crippen LogP contribution is 2.26. The second-order valence-corrected chi connectivity index (χ2v) is 6.31. The van der Waals surface area contributed by atoms with Gasteiger partial charge in [-0.1, -0.05) is 23.7 Å². The number of hydrogen-bond acceptors (Lipinski definition) is 2. The van der Waals surface area contributed by atoms with Crippen molar-refractivity contribution in [2.75, 3.05) is 13.1 Å². The molecule has 0 bridgehead atoms. The van der Waals surface area contributed by atoms with Crippen LogP contribution in [0.5, 0.6) is 5.75 Å². The first-order valence-corrected chi connectivity index (χ1v) is 7.93. The van der Waals surface area contributed by atoms with Crippen molar-refractivity contribution in [1.29, 1.82) is 0 Å². The van der Waals surface area contributed by atoms with Crippen molar-refractivity contribution in [3.63, 3.8) is 0 Å². The van der Waals surface area contributed by atoms with Crippen molar-refractivity contribution in [2.24, 2.45) is 5.92 Å². The number of rotatable bonds is 3. The number of phenolic OH excluding ortho intramolecular Hbond substituents is 1. The van der Waals surface area contributed by atoms with Crippen LogP contribution < -0.4 is 0 Å². The number of likely N-dealkylation sites (tertiary alicyclic amines) is 1. The molecule has 1 unspecified atom stereocenters. The van der Waals surface area contributed by atoms with E-state index in [1.54, 1.807) is 17.0 Å². The summed E-state index contributed by atoms with van der Waals surface area (Å²) in [4.78, 5) is 14.3. The van der Waals surface area contributed by atoms with Gasteiger partial charge in [0.1, 0.15) is 11.6 Å². The lowest BCUT2D eigenvalue weighted by Crippen LogP contribution is -2.29. The van der Waals surface area contributed by atoms with E-state index < -0.39 is 5.82 Å². The van der Waals surface area contributed by atoms with Gasteiger partial charge >= 0.3 is 0 Å².